The number of piperidine rings is 1. The normalized spacial score (nSPS) is 22.2. The minimum Gasteiger partial charge on any atom is -0.370 e. The Morgan fingerprint density at radius 1 is 1.43 bits per heavy atom. The SMILES string of the molecule is CCCNc1cc(C(=O)N2CCCC(C)C2C)cc(C)n1. The van der Waals surface area contributed by atoms with Gasteiger partial charge in [0.2, 0.25) is 0 Å². The minimum absolute atomic E-state index is 0.138. The van der Waals surface area contributed by atoms with Crippen LogP contribution in [0.25, 0.3) is 0 Å². The zero-order chi connectivity index (χ0) is 15.4. The lowest BCUT2D eigenvalue weighted by molar-refractivity contribution is 0.0551. The monoisotopic (exact) mass is 289 g/mol. The molecule has 1 aromatic rings. The van der Waals surface area contributed by atoms with Gasteiger partial charge in [-0.25, -0.2) is 4.98 Å². The van der Waals surface area contributed by atoms with Gasteiger partial charge in [-0.1, -0.05) is 13.8 Å². The van der Waals surface area contributed by atoms with E-state index in [1.165, 1.54) is 6.42 Å². The molecule has 0 radical (unpaired) electrons. The molecule has 4 nitrogen and oxygen atoms in total. The molecule has 1 aromatic heterocycles. The van der Waals surface area contributed by atoms with Crippen molar-refractivity contribution in [3.05, 3.63) is 23.4 Å². The van der Waals surface area contributed by atoms with Gasteiger partial charge in [-0.2, -0.15) is 0 Å². The van der Waals surface area contributed by atoms with Crippen LogP contribution in [0.4, 0.5) is 5.82 Å². The summed E-state index contributed by atoms with van der Waals surface area (Å²) >= 11 is 0. The van der Waals surface area contributed by atoms with Gasteiger partial charge in [-0.15, -0.1) is 0 Å². The molecule has 1 amide bonds. The van der Waals surface area contributed by atoms with Gasteiger partial charge in [0.05, 0.1) is 0 Å². The molecule has 0 aromatic carbocycles. The van der Waals surface area contributed by atoms with E-state index in [0.29, 0.717) is 12.0 Å². The molecule has 21 heavy (non-hydrogen) atoms. The first kappa shape index (κ1) is 15.8. The molecule has 2 unspecified atom stereocenters. The minimum atomic E-state index is 0.138. The van der Waals surface area contributed by atoms with E-state index in [4.69, 9.17) is 0 Å². The zero-order valence-electron chi connectivity index (χ0n) is 13.6. The van der Waals surface area contributed by atoms with Crippen LogP contribution in [-0.2, 0) is 0 Å². The number of carbonyl (C=O) groups is 1. The predicted octanol–water partition coefficient (Wildman–Crippen LogP) is 3.47. The van der Waals surface area contributed by atoms with E-state index in [2.05, 4.69) is 31.1 Å². The number of amides is 1. The van der Waals surface area contributed by atoms with E-state index in [-0.39, 0.29) is 5.91 Å². The smallest absolute Gasteiger partial charge is 0.254 e. The highest BCUT2D eigenvalue weighted by atomic mass is 16.2. The van der Waals surface area contributed by atoms with Crippen LogP contribution in [0, 0.1) is 12.8 Å². The predicted molar refractivity (Wildman–Crippen MR) is 86.7 cm³/mol. The highest BCUT2D eigenvalue weighted by Crippen LogP contribution is 2.25. The van der Waals surface area contributed by atoms with E-state index < -0.39 is 0 Å². The topological polar surface area (TPSA) is 45.2 Å². The van der Waals surface area contributed by atoms with Crippen LogP contribution in [-0.4, -0.2) is 34.9 Å². The van der Waals surface area contributed by atoms with Gasteiger partial charge in [0, 0.05) is 30.4 Å². The molecular weight excluding hydrogens is 262 g/mol. The summed E-state index contributed by atoms with van der Waals surface area (Å²) in [6.07, 6.45) is 3.35. The summed E-state index contributed by atoms with van der Waals surface area (Å²) < 4.78 is 0. The van der Waals surface area contributed by atoms with Crippen molar-refractivity contribution in [1.29, 1.82) is 0 Å². The number of rotatable bonds is 4. The van der Waals surface area contributed by atoms with Crippen LogP contribution >= 0.6 is 0 Å². The number of hydrogen-bond acceptors (Lipinski definition) is 3. The molecule has 2 atom stereocenters. The molecule has 1 saturated heterocycles. The Morgan fingerprint density at radius 2 is 2.19 bits per heavy atom. The Labute approximate surface area is 127 Å². The second-order valence-electron chi connectivity index (χ2n) is 6.17. The summed E-state index contributed by atoms with van der Waals surface area (Å²) in [4.78, 5) is 19.3. The molecule has 1 aliphatic rings. The summed E-state index contributed by atoms with van der Waals surface area (Å²) in [5.41, 5.74) is 1.64. The highest BCUT2D eigenvalue weighted by Gasteiger charge is 2.29. The van der Waals surface area contributed by atoms with Crippen molar-refractivity contribution >= 4 is 11.7 Å². The summed E-state index contributed by atoms with van der Waals surface area (Å²) in [6, 6.07) is 4.09. The molecule has 0 saturated carbocycles. The third-order valence-electron chi connectivity index (χ3n) is 4.39. The average Bonchev–Trinajstić information content (AvgIpc) is 2.46. The van der Waals surface area contributed by atoms with E-state index in [9.17, 15) is 4.79 Å². The molecule has 4 heteroatoms. The fourth-order valence-corrected chi connectivity index (χ4v) is 2.92. The van der Waals surface area contributed by atoms with Crippen LogP contribution in [0.1, 0.15) is 56.1 Å². The van der Waals surface area contributed by atoms with E-state index in [1.54, 1.807) is 0 Å². The lowest BCUT2D eigenvalue weighted by atomic mass is 9.91. The number of aromatic nitrogens is 1. The van der Waals surface area contributed by atoms with E-state index >= 15 is 0 Å². The number of pyridine rings is 1. The molecule has 1 aliphatic heterocycles. The molecule has 0 spiro atoms. The van der Waals surface area contributed by atoms with Crippen LogP contribution < -0.4 is 5.32 Å². The third-order valence-corrected chi connectivity index (χ3v) is 4.39. The maximum Gasteiger partial charge on any atom is 0.254 e. The fraction of sp³-hybridized carbons (Fsp3) is 0.647. The summed E-state index contributed by atoms with van der Waals surface area (Å²) in [5.74, 6) is 1.51. The molecule has 0 aliphatic carbocycles. The number of likely N-dealkylation sites (tertiary alicyclic amines) is 1. The van der Waals surface area contributed by atoms with Gasteiger partial charge in [0.1, 0.15) is 5.82 Å². The molecule has 1 N–H and O–H groups in total. The van der Waals surface area contributed by atoms with Crippen LogP contribution in [0.2, 0.25) is 0 Å². The van der Waals surface area contributed by atoms with Crippen molar-refractivity contribution in [2.75, 3.05) is 18.4 Å². The Balaban J connectivity index is 2.20. The van der Waals surface area contributed by atoms with E-state index in [0.717, 1.165) is 43.0 Å². The Bertz CT molecular complexity index is 501. The van der Waals surface area contributed by atoms with Crippen molar-refractivity contribution < 1.29 is 4.79 Å². The summed E-state index contributed by atoms with van der Waals surface area (Å²) in [7, 11) is 0. The number of nitrogens with zero attached hydrogens (tertiary/aromatic N) is 2. The molecular formula is C17H27N3O. The first-order valence-corrected chi connectivity index (χ1v) is 8.06. The van der Waals surface area contributed by atoms with Crippen molar-refractivity contribution in [3.63, 3.8) is 0 Å². The lowest BCUT2D eigenvalue weighted by Crippen LogP contribution is -2.46. The molecule has 2 heterocycles. The largest absolute Gasteiger partial charge is 0.370 e. The van der Waals surface area contributed by atoms with Crippen LogP contribution in [0.3, 0.4) is 0 Å². The van der Waals surface area contributed by atoms with Gasteiger partial charge < -0.3 is 10.2 Å². The zero-order valence-corrected chi connectivity index (χ0v) is 13.6. The average molecular weight is 289 g/mol. The third kappa shape index (κ3) is 3.74. The molecule has 2 rings (SSSR count). The second-order valence-corrected chi connectivity index (χ2v) is 6.17. The first-order chi connectivity index (χ1) is 10.0. The maximum atomic E-state index is 12.8. The van der Waals surface area contributed by atoms with Crippen molar-refractivity contribution in [2.45, 2.75) is 53.0 Å². The van der Waals surface area contributed by atoms with Crippen molar-refractivity contribution in [3.8, 4) is 0 Å². The van der Waals surface area contributed by atoms with Gasteiger partial charge in [-0.05, 0) is 51.2 Å². The fourth-order valence-electron chi connectivity index (χ4n) is 2.92. The standard InChI is InChI=1S/C17H27N3O/c1-5-8-18-16-11-15(10-13(3)19-16)17(21)20-9-6-7-12(2)14(20)4/h10-12,14H,5-9H2,1-4H3,(H,18,19). The maximum absolute atomic E-state index is 12.8. The summed E-state index contributed by atoms with van der Waals surface area (Å²) in [5, 5.41) is 3.27. The van der Waals surface area contributed by atoms with Crippen molar-refractivity contribution in [1.82, 2.24) is 9.88 Å². The summed E-state index contributed by atoms with van der Waals surface area (Å²) in [6.45, 7) is 10.2. The van der Waals surface area contributed by atoms with Gasteiger partial charge in [0.25, 0.3) is 5.91 Å². The quantitative estimate of drug-likeness (QED) is 0.923. The number of aryl methyl sites for hydroxylation is 1. The second kappa shape index (κ2) is 6.92. The Kier molecular flexibility index (Phi) is 5.21. The van der Waals surface area contributed by atoms with Crippen LogP contribution in [0.15, 0.2) is 12.1 Å². The highest BCUT2D eigenvalue weighted by molar-refractivity contribution is 5.95. The molecule has 1 fully saturated rings. The van der Waals surface area contributed by atoms with Gasteiger partial charge >= 0.3 is 0 Å². The first-order valence-electron chi connectivity index (χ1n) is 8.06. The van der Waals surface area contributed by atoms with Crippen LogP contribution in [0.5, 0.6) is 0 Å². The number of hydrogen-bond donors (Lipinski definition) is 1. The number of carbonyl (C=O) groups excluding carboxylic acids is 1. The Morgan fingerprint density at radius 3 is 2.90 bits per heavy atom. The van der Waals surface area contributed by atoms with Gasteiger partial charge in [-0.3, -0.25) is 4.79 Å². The van der Waals surface area contributed by atoms with E-state index in [1.807, 2.05) is 24.0 Å². The number of anilines is 1. The van der Waals surface area contributed by atoms with Gasteiger partial charge in [0.15, 0.2) is 0 Å². The lowest BCUT2D eigenvalue weighted by Gasteiger charge is -2.38. The number of nitrogens with one attached hydrogen (secondary N) is 1. The van der Waals surface area contributed by atoms with Crippen molar-refractivity contribution in [2.24, 2.45) is 5.92 Å². The Hall–Kier alpha value is -1.58. The molecule has 0 bridgehead atoms. The molecule has 116 valence electrons.